The highest BCUT2D eigenvalue weighted by Crippen LogP contribution is 2.28. The lowest BCUT2D eigenvalue weighted by Crippen LogP contribution is -2.22. The van der Waals surface area contributed by atoms with Crippen molar-refractivity contribution >= 4 is 34.4 Å². The fourth-order valence-electron chi connectivity index (χ4n) is 3.19. The average Bonchev–Trinajstić information content (AvgIpc) is 3.15. The minimum absolute atomic E-state index is 0.173. The Morgan fingerprint density at radius 3 is 2.72 bits per heavy atom. The predicted octanol–water partition coefficient (Wildman–Crippen LogP) is 3.62. The molecule has 0 saturated carbocycles. The van der Waals surface area contributed by atoms with Crippen LogP contribution in [-0.2, 0) is 13.6 Å². The molecule has 0 unspecified atom stereocenters. The van der Waals surface area contributed by atoms with Crippen LogP contribution in [0, 0.1) is 0 Å². The van der Waals surface area contributed by atoms with Gasteiger partial charge in [-0.3, -0.25) is 9.36 Å². The summed E-state index contributed by atoms with van der Waals surface area (Å²) in [5.74, 6) is 1.27. The van der Waals surface area contributed by atoms with Crippen LogP contribution < -0.4 is 10.3 Å². The van der Waals surface area contributed by atoms with Gasteiger partial charge in [0.2, 0.25) is 0 Å². The number of halogens is 1. The summed E-state index contributed by atoms with van der Waals surface area (Å²) in [5.41, 5.74) is 1.96. The summed E-state index contributed by atoms with van der Waals surface area (Å²) in [7, 11) is 3.45. The maximum absolute atomic E-state index is 13.1. The van der Waals surface area contributed by atoms with Gasteiger partial charge in [0.05, 0.1) is 18.7 Å². The van der Waals surface area contributed by atoms with Gasteiger partial charge in [-0.2, -0.15) is 0 Å². The zero-order valence-electron chi connectivity index (χ0n) is 16.1. The van der Waals surface area contributed by atoms with Crippen LogP contribution in [0.2, 0.25) is 5.02 Å². The molecule has 9 heteroatoms. The van der Waals surface area contributed by atoms with E-state index in [1.807, 2.05) is 30.1 Å². The Bertz CT molecular complexity index is 1270. The summed E-state index contributed by atoms with van der Waals surface area (Å²) in [6.45, 7) is 0.324. The summed E-state index contributed by atoms with van der Waals surface area (Å²) in [4.78, 5) is 26.5. The highest BCUT2D eigenvalue weighted by Gasteiger charge is 2.16. The topological polar surface area (TPSA) is 74.8 Å². The molecule has 0 fully saturated rings. The van der Waals surface area contributed by atoms with Crippen LogP contribution in [0.15, 0.2) is 52.8 Å². The maximum atomic E-state index is 13.1. The first-order chi connectivity index (χ1) is 14.0. The van der Waals surface area contributed by atoms with Crippen molar-refractivity contribution in [1.29, 1.82) is 0 Å². The first-order valence-electron chi connectivity index (χ1n) is 8.76. The number of ether oxygens (including phenoxy) is 1. The van der Waals surface area contributed by atoms with Gasteiger partial charge < -0.3 is 9.30 Å². The van der Waals surface area contributed by atoms with Crippen LogP contribution in [-0.4, -0.2) is 37.5 Å². The SMILES string of the molecule is COc1ccc(Cn2c(=O)cc(-c3nccn3C)c3cnc(SC)nc32)cc1Cl. The van der Waals surface area contributed by atoms with Gasteiger partial charge in [-0.25, -0.2) is 15.0 Å². The second kappa shape index (κ2) is 7.88. The van der Waals surface area contributed by atoms with Crippen molar-refractivity contribution in [2.24, 2.45) is 7.05 Å². The Hall–Kier alpha value is -2.84. The second-order valence-corrected chi connectivity index (χ2v) is 7.59. The van der Waals surface area contributed by atoms with Crippen molar-refractivity contribution in [1.82, 2.24) is 24.1 Å². The minimum atomic E-state index is -0.173. The van der Waals surface area contributed by atoms with Crippen LogP contribution in [0.25, 0.3) is 22.4 Å². The number of benzene rings is 1. The number of hydrogen-bond donors (Lipinski definition) is 0. The van der Waals surface area contributed by atoms with Crippen LogP contribution in [0.1, 0.15) is 5.56 Å². The Morgan fingerprint density at radius 1 is 1.24 bits per heavy atom. The van der Waals surface area contributed by atoms with Crippen LogP contribution in [0.4, 0.5) is 0 Å². The fourth-order valence-corrected chi connectivity index (χ4v) is 3.80. The number of thioether (sulfide) groups is 1. The van der Waals surface area contributed by atoms with E-state index < -0.39 is 0 Å². The molecule has 148 valence electrons. The maximum Gasteiger partial charge on any atom is 0.253 e. The first kappa shape index (κ1) is 19.5. The van der Waals surface area contributed by atoms with E-state index in [4.69, 9.17) is 16.3 Å². The van der Waals surface area contributed by atoms with Gasteiger partial charge in [0.1, 0.15) is 17.2 Å². The lowest BCUT2D eigenvalue weighted by atomic mass is 10.1. The molecule has 0 spiro atoms. The molecule has 0 N–H and O–H groups in total. The zero-order valence-corrected chi connectivity index (χ0v) is 17.7. The van der Waals surface area contributed by atoms with E-state index >= 15 is 0 Å². The highest BCUT2D eigenvalue weighted by atomic mass is 35.5. The molecule has 4 rings (SSSR count). The van der Waals surface area contributed by atoms with Gasteiger partial charge in [0, 0.05) is 42.7 Å². The summed E-state index contributed by atoms with van der Waals surface area (Å²) in [6.07, 6.45) is 7.18. The molecule has 0 atom stereocenters. The van der Waals surface area contributed by atoms with E-state index in [9.17, 15) is 4.79 Å². The van der Waals surface area contributed by atoms with Gasteiger partial charge >= 0.3 is 0 Å². The summed E-state index contributed by atoms with van der Waals surface area (Å²) >= 11 is 7.68. The van der Waals surface area contributed by atoms with E-state index in [-0.39, 0.29) is 5.56 Å². The van der Waals surface area contributed by atoms with E-state index in [0.717, 1.165) is 10.9 Å². The lowest BCUT2D eigenvalue weighted by Gasteiger charge is -2.14. The third-order valence-corrected chi connectivity index (χ3v) is 5.48. The van der Waals surface area contributed by atoms with Crippen LogP contribution >= 0.6 is 23.4 Å². The third kappa shape index (κ3) is 3.61. The monoisotopic (exact) mass is 427 g/mol. The Morgan fingerprint density at radius 2 is 2.07 bits per heavy atom. The number of aromatic nitrogens is 5. The van der Waals surface area contributed by atoms with Crippen molar-refractivity contribution in [3.63, 3.8) is 0 Å². The van der Waals surface area contributed by atoms with Crippen molar-refractivity contribution in [3.05, 3.63) is 63.8 Å². The number of imidazole rings is 1. The number of rotatable bonds is 5. The van der Waals surface area contributed by atoms with Crippen molar-refractivity contribution < 1.29 is 4.74 Å². The second-order valence-electron chi connectivity index (χ2n) is 6.41. The molecule has 0 aliphatic carbocycles. The van der Waals surface area contributed by atoms with Crippen molar-refractivity contribution in [2.45, 2.75) is 11.7 Å². The molecule has 29 heavy (non-hydrogen) atoms. The molecule has 0 radical (unpaired) electrons. The standard InChI is InChI=1S/C20H18ClN5O2S/c1-25-7-6-22-18(25)13-9-17(27)26(19-14(13)10-23-20(24-19)29-3)11-12-4-5-16(28-2)15(21)8-12/h4-10H,11H2,1-3H3. The molecule has 0 aliphatic heterocycles. The number of methoxy groups -OCH3 is 1. The smallest absolute Gasteiger partial charge is 0.253 e. The highest BCUT2D eigenvalue weighted by molar-refractivity contribution is 7.98. The van der Waals surface area contributed by atoms with Gasteiger partial charge in [-0.1, -0.05) is 29.4 Å². The van der Waals surface area contributed by atoms with Gasteiger partial charge in [0.25, 0.3) is 5.56 Å². The van der Waals surface area contributed by atoms with Gasteiger partial charge in [-0.05, 0) is 24.0 Å². The van der Waals surface area contributed by atoms with Crippen LogP contribution in [0.5, 0.6) is 5.75 Å². The zero-order chi connectivity index (χ0) is 20.5. The largest absolute Gasteiger partial charge is 0.495 e. The summed E-state index contributed by atoms with van der Waals surface area (Å²) < 4.78 is 8.70. The van der Waals surface area contributed by atoms with E-state index in [1.165, 1.54) is 11.8 Å². The number of aryl methyl sites for hydroxylation is 1. The molecule has 7 nitrogen and oxygen atoms in total. The molecule has 4 aromatic rings. The third-order valence-electron chi connectivity index (χ3n) is 4.63. The Kier molecular flexibility index (Phi) is 5.29. The van der Waals surface area contributed by atoms with Crippen molar-refractivity contribution in [2.75, 3.05) is 13.4 Å². The van der Waals surface area contributed by atoms with E-state index in [2.05, 4.69) is 15.0 Å². The Labute approximate surface area is 176 Å². The number of nitrogens with zero attached hydrogens (tertiary/aromatic N) is 5. The molecular formula is C20H18ClN5O2S. The lowest BCUT2D eigenvalue weighted by molar-refractivity contribution is 0.415. The predicted molar refractivity (Wildman–Crippen MR) is 115 cm³/mol. The molecule has 0 saturated heterocycles. The fraction of sp³-hybridized carbons (Fsp3) is 0.200. The summed E-state index contributed by atoms with van der Waals surface area (Å²) in [6, 6.07) is 7.04. The number of pyridine rings is 1. The molecule has 1 aromatic carbocycles. The molecule has 3 heterocycles. The first-order valence-corrected chi connectivity index (χ1v) is 10.4. The molecule has 0 amide bonds. The quantitative estimate of drug-likeness (QED) is 0.357. The normalized spacial score (nSPS) is 11.2. The van der Waals surface area contributed by atoms with Gasteiger partial charge in [-0.15, -0.1) is 0 Å². The average molecular weight is 428 g/mol. The molecule has 0 bridgehead atoms. The molecular weight excluding hydrogens is 410 g/mol. The molecule has 0 aliphatic rings. The van der Waals surface area contributed by atoms with E-state index in [1.54, 1.807) is 42.3 Å². The minimum Gasteiger partial charge on any atom is -0.495 e. The number of fused-ring (bicyclic) bond motifs is 1. The van der Waals surface area contributed by atoms with Gasteiger partial charge in [0.15, 0.2) is 5.16 Å². The van der Waals surface area contributed by atoms with Crippen molar-refractivity contribution in [3.8, 4) is 17.1 Å². The summed E-state index contributed by atoms with van der Waals surface area (Å²) in [5, 5.41) is 1.85. The Balaban J connectivity index is 1.92. The van der Waals surface area contributed by atoms with Crippen LogP contribution in [0.3, 0.4) is 0 Å². The number of hydrogen-bond acceptors (Lipinski definition) is 6. The molecule has 3 aromatic heterocycles. The van der Waals surface area contributed by atoms with E-state index in [0.29, 0.717) is 39.5 Å².